The van der Waals surface area contributed by atoms with Gasteiger partial charge in [0.15, 0.2) is 0 Å². The molecule has 34 heavy (non-hydrogen) atoms. The van der Waals surface area contributed by atoms with Crippen molar-refractivity contribution >= 4 is 34.9 Å². The van der Waals surface area contributed by atoms with Crippen LogP contribution in [0.3, 0.4) is 0 Å². The van der Waals surface area contributed by atoms with Crippen LogP contribution in [0.1, 0.15) is 67.4 Å². The Labute approximate surface area is 199 Å². The van der Waals surface area contributed by atoms with Gasteiger partial charge in [-0.15, -0.1) is 0 Å². The Morgan fingerprint density at radius 2 is 1.91 bits per heavy atom. The molecule has 1 aromatic carbocycles. The number of aromatic amines is 1. The second-order valence-corrected chi connectivity index (χ2v) is 9.75. The minimum Gasteiger partial charge on any atom is -0.356 e. The second kappa shape index (κ2) is 10.8. The van der Waals surface area contributed by atoms with E-state index in [4.69, 9.17) is 0 Å². The van der Waals surface area contributed by atoms with Crippen molar-refractivity contribution in [1.82, 2.24) is 20.9 Å². The summed E-state index contributed by atoms with van der Waals surface area (Å²) in [7, 11) is 0. The van der Waals surface area contributed by atoms with E-state index in [-0.39, 0.29) is 30.1 Å². The standard InChI is InChI=1S/C26H34N4O4/c1-16-6-5-9-21-20(16)14-23(29-21)26(34)30-22(12-17-7-3-2-4-8-17)25(33)28-19(15-31)13-18-10-11-27-24(18)32/h5-6,9,14-15,17-19,22,29H,2-4,7-8,10-13H2,1H3,(H,27,32)(H,28,33)(H,30,34)/t18-,19-,22-/m0/s1. The topological polar surface area (TPSA) is 120 Å². The molecule has 1 aromatic heterocycles. The predicted octanol–water partition coefficient (Wildman–Crippen LogP) is 2.76. The van der Waals surface area contributed by atoms with Gasteiger partial charge in [0.25, 0.3) is 5.91 Å². The highest BCUT2D eigenvalue weighted by Gasteiger charge is 2.31. The highest BCUT2D eigenvalue weighted by Crippen LogP contribution is 2.28. The number of carbonyl (C=O) groups excluding carboxylic acids is 4. The van der Waals surface area contributed by atoms with Gasteiger partial charge in [-0.2, -0.15) is 0 Å². The van der Waals surface area contributed by atoms with E-state index in [0.717, 1.165) is 42.1 Å². The summed E-state index contributed by atoms with van der Waals surface area (Å²) in [4.78, 5) is 53.1. The normalized spacial score (nSPS) is 20.5. The Kier molecular flexibility index (Phi) is 7.65. The lowest BCUT2D eigenvalue weighted by molar-refractivity contribution is -0.127. The fourth-order valence-corrected chi connectivity index (χ4v) is 5.26. The zero-order chi connectivity index (χ0) is 24.1. The summed E-state index contributed by atoms with van der Waals surface area (Å²) in [5, 5.41) is 9.43. The van der Waals surface area contributed by atoms with E-state index in [2.05, 4.69) is 20.9 Å². The summed E-state index contributed by atoms with van der Waals surface area (Å²) >= 11 is 0. The number of carbonyl (C=O) groups is 4. The third kappa shape index (κ3) is 5.66. The zero-order valence-electron chi connectivity index (χ0n) is 19.7. The molecule has 3 atom stereocenters. The highest BCUT2D eigenvalue weighted by molar-refractivity contribution is 6.01. The van der Waals surface area contributed by atoms with Crippen LogP contribution in [0.25, 0.3) is 10.9 Å². The van der Waals surface area contributed by atoms with Crippen LogP contribution in [0, 0.1) is 18.8 Å². The third-order valence-corrected chi connectivity index (χ3v) is 7.24. The number of hydrogen-bond acceptors (Lipinski definition) is 4. The van der Waals surface area contributed by atoms with E-state index in [9.17, 15) is 19.2 Å². The van der Waals surface area contributed by atoms with E-state index in [1.807, 2.05) is 31.2 Å². The minimum atomic E-state index is -0.761. The molecule has 4 rings (SSSR count). The van der Waals surface area contributed by atoms with Gasteiger partial charge in [0.1, 0.15) is 18.0 Å². The van der Waals surface area contributed by atoms with Gasteiger partial charge in [-0.05, 0) is 49.8 Å². The number of hydrogen-bond donors (Lipinski definition) is 4. The van der Waals surface area contributed by atoms with Crippen LogP contribution < -0.4 is 16.0 Å². The Balaban J connectivity index is 1.47. The van der Waals surface area contributed by atoms with Gasteiger partial charge in [-0.25, -0.2) is 0 Å². The Bertz CT molecular complexity index is 1060. The molecular weight excluding hydrogens is 432 g/mol. The van der Waals surface area contributed by atoms with E-state index >= 15 is 0 Å². The lowest BCUT2D eigenvalue weighted by Gasteiger charge is -2.27. The van der Waals surface area contributed by atoms with Crippen LogP contribution in [0.5, 0.6) is 0 Å². The number of fused-ring (bicyclic) bond motifs is 1. The van der Waals surface area contributed by atoms with E-state index < -0.39 is 12.1 Å². The van der Waals surface area contributed by atoms with Crippen LogP contribution in [-0.4, -0.2) is 47.6 Å². The molecule has 2 aliphatic rings. The first-order valence-electron chi connectivity index (χ1n) is 12.4. The lowest BCUT2D eigenvalue weighted by atomic mass is 9.84. The molecule has 1 aliphatic carbocycles. The van der Waals surface area contributed by atoms with Crippen LogP contribution >= 0.6 is 0 Å². The smallest absolute Gasteiger partial charge is 0.268 e. The summed E-state index contributed by atoms with van der Waals surface area (Å²) in [6, 6.07) is 6.13. The lowest BCUT2D eigenvalue weighted by Crippen LogP contribution is -2.51. The number of nitrogens with one attached hydrogen (secondary N) is 4. The molecule has 3 amide bonds. The first-order chi connectivity index (χ1) is 16.4. The van der Waals surface area contributed by atoms with Crippen LogP contribution in [-0.2, 0) is 14.4 Å². The molecule has 8 heteroatoms. The second-order valence-electron chi connectivity index (χ2n) is 9.75. The minimum absolute atomic E-state index is 0.0812. The van der Waals surface area contributed by atoms with Crippen molar-refractivity contribution in [2.24, 2.45) is 11.8 Å². The van der Waals surface area contributed by atoms with Gasteiger partial charge in [-0.3, -0.25) is 14.4 Å². The summed E-state index contributed by atoms with van der Waals surface area (Å²) < 4.78 is 0. The van der Waals surface area contributed by atoms with Gasteiger partial charge in [-0.1, -0.05) is 44.2 Å². The molecule has 0 unspecified atom stereocenters. The van der Waals surface area contributed by atoms with Gasteiger partial charge < -0.3 is 25.7 Å². The van der Waals surface area contributed by atoms with Crippen LogP contribution in [0.4, 0.5) is 0 Å². The van der Waals surface area contributed by atoms with Gasteiger partial charge >= 0.3 is 0 Å². The molecule has 0 radical (unpaired) electrons. The largest absolute Gasteiger partial charge is 0.356 e. The summed E-state index contributed by atoms with van der Waals surface area (Å²) in [5.41, 5.74) is 2.34. The maximum atomic E-state index is 13.2. The van der Waals surface area contributed by atoms with Crippen molar-refractivity contribution in [2.75, 3.05) is 6.54 Å². The van der Waals surface area contributed by atoms with Crippen molar-refractivity contribution in [2.45, 2.75) is 70.4 Å². The Hall–Kier alpha value is -3.16. The van der Waals surface area contributed by atoms with Crippen LogP contribution in [0.2, 0.25) is 0 Å². The molecule has 1 saturated carbocycles. The van der Waals surface area contributed by atoms with E-state index in [0.29, 0.717) is 37.3 Å². The molecule has 182 valence electrons. The number of benzene rings is 1. The van der Waals surface area contributed by atoms with Crippen molar-refractivity contribution in [3.63, 3.8) is 0 Å². The highest BCUT2D eigenvalue weighted by atomic mass is 16.2. The fraction of sp³-hybridized carbons (Fsp3) is 0.538. The third-order valence-electron chi connectivity index (χ3n) is 7.24. The van der Waals surface area contributed by atoms with E-state index in [1.54, 1.807) is 0 Å². The van der Waals surface area contributed by atoms with Crippen molar-refractivity contribution < 1.29 is 19.2 Å². The molecule has 1 saturated heterocycles. The van der Waals surface area contributed by atoms with Crippen molar-refractivity contribution in [3.8, 4) is 0 Å². The summed E-state index contributed by atoms with van der Waals surface area (Å²) in [5.74, 6) is -0.727. The molecule has 4 N–H and O–H groups in total. The first kappa shape index (κ1) is 24.0. The molecule has 2 aromatic rings. The average molecular weight is 467 g/mol. The number of rotatable bonds is 9. The molecule has 0 spiro atoms. The number of aldehydes is 1. The molecule has 1 aliphatic heterocycles. The monoisotopic (exact) mass is 466 g/mol. The molecular formula is C26H34N4O4. The SMILES string of the molecule is Cc1cccc2[nH]c(C(=O)N[C@@H](CC3CCCCC3)C(=O)N[C@H](C=O)C[C@@H]3CCNC3=O)cc12. The zero-order valence-corrected chi connectivity index (χ0v) is 19.7. The number of amides is 3. The number of aryl methyl sites for hydroxylation is 1. The number of H-pyrrole nitrogens is 1. The summed E-state index contributed by atoms with van der Waals surface area (Å²) in [6.07, 6.45) is 7.66. The van der Waals surface area contributed by atoms with Gasteiger partial charge in [0.05, 0.1) is 6.04 Å². The number of aromatic nitrogens is 1. The molecule has 0 bridgehead atoms. The predicted molar refractivity (Wildman–Crippen MR) is 129 cm³/mol. The van der Waals surface area contributed by atoms with Gasteiger partial charge in [0.2, 0.25) is 11.8 Å². The maximum Gasteiger partial charge on any atom is 0.268 e. The fourth-order valence-electron chi connectivity index (χ4n) is 5.26. The summed E-state index contributed by atoms with van der Waals surface area (Å²) in [6.45, 7) is 2.58. The van der Waals surface area contributed by atoms with E-state index in [1.165, 1.54) is 6.42 Å². The average Bonchev–Trinajstić information content (AvgIpc) is 3.46. The maximum absolute atomic E-state index is 13.2. The van der Waals surface area contributed by atoms with Crippen molar-refractivity contribution in [1.29, 1.82) is 0 Å². The molecule has 8 nitrogen and oxygen atoms in total. The molecule has 2 heterocycles. The molecule has 2 fully saturated rings. The Morgan fingerprint density at radius 1 is 1.12 bits per heavy atom. The van der Waals surface area contributed by atoms with Gasteiger partial charge in [0, 0.05) is 23.4 Å². The quantitative estimate of drug-likeness (QED) is 0.425. The van der Waals surface area contributed by atoms with Crippen LogP contribution in [0.15, 0.2) is 24.3 Å². The Morgan fingerprint density at radius 3 is 2.59 bits per heavy atom. The van der Waals surface area contributed by atoms with Crippen molar-refractivity contribution in [3.05, 3.63) is 35.5 Å². The first-order valence-corrected chi connectivity index (χ1v) is 12.4.